The quantitative estimate of drug-likeness (QED) is 0.774. The molecule has 6 heteroatoms. The zero-order valence-electron chi connectivity index (χ0n) is 16.5. The first kappa shape index (κ1) is 21.5. The van der Waals surface area contributed by atoms with Crippen LogP contribution in [-0.2, 0) is 11.2 Å². The molecule has 1 aliphatic carbocycles. The van der Waals surface area contributed by atoms with Gasteiger partial charge in [0.25, 0.3) is 0 Å². The Hall–Kier alpha value is -2.24. The van der Waals surface area contributed by atoms with Crippen LogP contribution in [0.3, 0.4) is 0 Å². The summed E-state index contributed by atoms with van der Waals surface area (Å²) in [5.41, 5.74) is 7.81. The first-order valence-electron chi connectivity index (χ1n) is 10.2. The van der Waals surface area contributed by atoms with E-state index in [1.807, 2.05) is 18.2 Å². The second-order valence-corrected chi connectivity index (χ2v) is 7.69. The van der Waals surface area contributed by atoms with Gasteiger partial charge in [0.1, 0.15) is 17.6 Å². The predicted octanol–water partition coefficient (Wildman–Crippen LogP) is 3.94. The number of fused-ring (bicyclic) bond motifs is 1. The molecule has 1 atom stereocenters. The van der Waals surface area contributed by atoms with Crippen LogP contribution in [-0.4, -0.2) is 24.6 Å². The van der Waals surface area contributed by atoms with Gasteiger partial charge in [-0.15, -0.1) is 12.4 Å². The van der Waals surface area contributed by atoms with Gasteiger partial charge in [0.05, 0.1) is 12.6 Å². The lowest BCUT2D eigenvalue weighted by molar-refractivity contribution is -0.120. The first-order chi connectivity index (χ1) is 13.7. The van der Waals surface area contributed by atoms with Crippen molar-refractivity contribution in [3.05, 3.63) is 59.7 Å². The fourth-order valence-electron chi connectivity index (χ4n) is 4.14. The maximum Gasteiger partial charge on any atom is 0.233 e. The van der Waals surface area contributed by atoms with Crippen molar-refractivity contribution in [2.45, 2.75) is 56.8 Å². The summed E-state index contributed by atoms with van der Waals surface area (Å²) in [4.78, 5) is 11.4. The van der Waals surface area contributed by atoms with Crippen LogP contribution in [0.15, 0.2) is 48.5 Å². The van der Waals surface area contributed by atoms with Crippen LogP contribution in [0.2, 0.25) is 0 Å². The highest BCUT2D eigenvalue weighted by Gasteiger charge is 2.25. The Balaban J connectivity index is 0.00000240. The zero-order chi connectivity index (χ0) is 19.3. The molecule has 0 unspecified atom stereocenters. The molecule has 1 saturated carbocycles. The fourth-order valence-corrected chi connectivity index (χ4v) is 4.14. The van der Waals surface area contributed by atoms with Gasteiger partial charge in [-0.3, -0.25) is 4.79 Å². The third-order valence-electron chi connectivity index (χ3n) is 5.68. The number of nitrogens with one attached hydrogen (secondary N) is 1. The summed E-state index contributed by atoms with van der Waals surface area (Å²) in [6.07, 6.45) is 6.05. The lowest BCUT2D eigenvalue weighted by Crippen LogP contribution is -2.42. The Morgan fingerprint density at radius 1 is 1.07 bits per heavy atom. The molecule has 0 radical (unpaired) electrons. The van der Waals surface area contributed by atoms with Gasteiger partial charge in [0.2, 0.25) is 5.91 Å². The van der Waals surface area contributed by atoms with E-state index in [4.69, 9.17) is 15.2 Å². The molecule has 156 valence electrons. The molecule has 1 aliphatic heterocycles. The Morgan fingerprint density at radius 2 is 1.83 bits per heavy atom. The molecule has 5 nitrogen and oxygen atoms in total. The molecular formula is C23H29ClN2O3. The largest absolute Gasteiger partial charge is 0.490 e. The van der Waals surface area contributed by atoms with Crippen LogP contribution in [0.1, 0.15) is 49.3 Å². The monoisotopic (exact) mass is 416 g/mol. The van der Waals surface area contributed by atoms with Crippen LogP contribution in [0, 0.1) is 0 Å². The second-order valence-electron chi connectivity index (χ2n) is 7.69. The number of aryl methyl sites for hydroxylation is 1. The van der Waals surface area contributed by atoms with Gasteiger partial charge >= 0.3 is 0 Å². The number of hydrogen-bond donors (Lipinski definition) is 2. The van der Waals surface area contributed by atoms with Crippen molar-refractivity contribution in [1.82, 2.24) is 5.32 Å². The highest BCUT2D eigenvalue weighted by atomic mass is 35.5. The van der Waals surface area contributed by atoms with Crippen molar-refractivity contribution in [2.75, 3.05) is 6.54 Å². The second kappa shape index (κ2) is 9.99. The molecule has 1 fully saturated rings. The van der Waals surface area contributed by atoms with E-state index >= 15 is 0 Å². The van der Waals surface area contributed by atoms with E-state index in [0.29, 0.717) is 0 Å². The van der Waals surface area contributed by atoms with E-state index < -0.39 is 0 Å². The lowest BCUT2D eigenvalue weighted by Gasteiger charge is -2.30. The average Bonchev–Trinajstić information content (AvgIpc) is 2.75. The number of amides is 1. The van der Waals surface area contributed by atoms with Crippen molar-refractivity contribution in [3.8, 4) is 11.5 Å². The molecule has 0 bridgehead atoms. The van der Waals surface area contributed by atoms with E-state index in [9.17, 15) is 4.79 Å². The van der Waals surface area contributed by atoms with Crippen LogP contribution in [0.4, 0.5) is 0 Å². The molecule has 0 saturated heterocycles. The fraction of sp³-hybridized carbons (Fsp3) is 0.435. The number of hydrogen-bond acceptors (Lipinski definition) is 4. The number of carbonyl (C=O) groups excluding carboxylic acids is 1. The third-order valence-corrected chi connectivity index (χ3v) is 5.68. The Morgan fingerprint density at radius 3 is 2.55 bits per heavy atom. The van der Waals surface area contributed by atoms with Crippen molar-refractivity contribution in [1.29, 1.82) is 0 Å². The number of benzene rings is 2. The number of halogens is 1. The van der Waals surface area contributed by atoms with Crippen molar-refractivity contribution in [2.24, 2.45) is 5.73 Å². The summed E-state index contributed by atoms with van der Waals surface area (Å²) in [6, 6.07) is 16.8. The van der Waals surface area contributed by atoms with Gasteiger partial charge in [0.15, 0.2) is 0 Å². The normalized spacial score (nSPS) is 23.1. The molecule has 0 aromatic heterocycles. The predicted molar refractivity (Wildman–Crippen MR) is 116 cm³/mol. The van der Waals surface area contributed by atoms with Crippen LogP contribution in [0.5, 0.6) is 11.5 Å². The van der Waals surface area contributed by atoms with Crippen molar-refractivity contribution in [3.63, 3.8) is 0 Å². The maximum absolute atomic E-state index is 11.4. The minimum atomic E-state index is -0.0761. The summed E-state index contributed by atoms with van der Waals surface area (Å²) >= 11 is 0. The van der Waals surface area contributed by atoms with E-state index in [-0.39, 0.29) is 43.1 Å². The van der Waals surface area contributed by atoms with Gasteiger partial charge in [-0.25, -0.2) is 0 Å². The van der Waals surface area contributed by atoms with E-state index in [1.165, 1.54) is 11.1 Å². The smallest absolute Gasteiger partial charge is 0.233 e. The number of nitrogens with two attached hydrogens (primary N) is 1. The summed E-state index contributed by atoms with van der Waals surface area (Å²) in [7, 11) is 0. The molecule has 1 amide bonds. The molecular weight excluding hydrogens is 388 g/mol. The molecule has 4 rings (SSSR count). The SMILES string of the molecule is Cl.NCC(=O)N[C@H]1CC[C@H](Oc2ccc3c(c2)CC[C@H](c2ccccc2)O3)CC1. The van der Waals surface area contributed by atoms with Crippen LogP contribution >= 0.6 is 12.4 Å². The van der Waals surface area contributed by atoms with Crippen LogP contribution < -0.4 is 20.5 Å². The minimum Gasteiger partial charge on any atom is -0.490 e. The standard InChI is InChI=1S/C23H28N2O3.ClH/c24-15-23(26)25-18-7-9-19(10-8-18)27-20-11-13-22-17(14-20)6-12-21(28-22)16-4-2-1-3-5-16;/h1-5,11,13-14,18-19,21H,6-10,12,15,24H2,(H,25,26);1H/t18-,19-,21-;/m1./s1. The highest BCUT2D eigenvalue weighted by molar-refractivity contribution is 5.85. The minimum absolute atomic E-state index is 0. The summed E-state index contributed by atoms with van der Waals surface area (Å²) in [6.45, 7) is 0.0543. The summed E-state index contributed by atoms with van der Waals surface area (Å²) in [5, 5.41) is 2.98. The van der Waals surface area contributed by atoms with Crippen LogP contribution in [0.25, 0.3) is 0 Å². The molecule has 3 N–H and O–H groups in total. The topological polar surface area (TPSA) is 73.6 Å². The maximum atomic E-state index is 11.4. The molecule has 2 aromatic carbocycles. The van der Waals surface area contributed by atoms with E-state index in [2.05, 4.69) is 35.6 Å². The Bertz CT molecular complexity index is 807. The summed E-state index contributed by atoms with van der Waals surface area (Å²) in [5.74, 6) is 1.79. The van der Waals surface area contributed by atoms with Gasteiger partial charge in [-0.2, -0.15) is 0 Å². The zero-order valence-corrected chi connectivity index (χ0v) is 17.3. The van der Waals surface area contributed by atoms with E-state index in [1.54, 1.807) is 0 Å². The molecule has 29 heavy (non-hydrogen) atoms. The van der Waals surface area contributed by atoms with Gasteiger partial charge < -0.3 is 20.5 Å². The average molecular weight is 417 g/mol. The number of ether oxygens (including phenoxy) is 2. The third kappa shape index (κ3) is 5.43. The lowest BCUT2D eigenvalue weighted by atomic mass is 9.92. The number of rotatable bonds is 5. The van der Waals surface area contributed by atoms with Crippen molar-refractivity contribution >= 4 is 18.3 Å². The molecule has 2 aromatic rings. The highest BCUT2D eigenvalue weighted by Crippen LogP contribution is 2.37. The summed E-state index contributed by atoms with van der Waals surface area (Å²) < 4.78 is 12.4. The van der Waals surface area contributed by atoms with E-state index in [0.717, 1.165) is 50.0 Å². The van der Waals surface area contributed by atoms with Gasteiger partial charge in [0, 0.05) is 6.04 Å². The Labute approximate surface area is 178 Å². The number of carbonyl (C=O) groups is 1. The Kier molecular flexibility index (Phi) is 7.40. The van der Waals surface area contributed by atoms with Gasteiger partial charge in [-0.1, -0.05) is 30.3 Å². The molecule has 0 spiro atoms. The van der Waals surface area contributed by atoms with Gasteiger partial charge in [-0.05, 0) is 67.9 Å². The molecule has 2 aliphatic rings. The first-order valence-corrected chi connectivity index (χ1v) is 10.2. The molecule has 1 heterocycles. The van der Waals surface area contributed by atoms with Crippen molar-refractivity contribution < 1.29 is 14.3 Å².